The molecule has 0 aliphatic rings. The fourth-order valence-electron chi connectivity index (χ4n) is 1.33. The molecule has 0 heterocycles. The molecule has 0 saturated carbocycles. The van der Waals surface area contributed by atoms with Gasteiger partial charge in [-0.05, 0) is 12.5 Å². The third-order valence-electron chi connectivity index (χ3n) is 2.10. The van der Waals surface area contributed by atoms with Crippen molar-refractivity contribution < 1.29 is 10.0 Å². The zero-order chi connectivity index (χ0) is 12.3. The number of nitro groups is 1. The van der Waals surface area contributed by atoms with Gasteiger partial charge < -0.3 is 10.8 Å². The minimum Gasteiger partial charge on any atom is -0.502 e. The van der Waals surface area contributed by atoms with Crippen molar-refractivity contribution >= 4 is 21.6 Å². The standard InChI is InChI=1S/C10H11BrN2O3/c1-2-3-8(12)7-4-6(11)5-9(10(7)14)13(15)16/h2,4-5,8,14H,1,3,12H2/t8-/m0/s1. The Morgan fingerprint density at radius 3 is 2.81 bits per heavy atom. The lowest BCUT2D eigenvalue weighted by Crippen LogP contribution is -2.10. The Labute approximate surface area is 101 Å². The summed E-state index contributed by atoms with van der Waals surface area (Å²) in [7, 11) is 0. The molecule has 0 aliphatic heterocycles. The Morgan fingerprint density at radius 1 is 1.69 bits per heavy atom. The van der Waals surface area contributed by atoms with Crippen LogP contribution in [-0.2, 0) is 0 Å². The molecule has 16 heavy (non-hydrogen) atoms. The lowest BCUT2D eigenvalue weighted by Gasteiger charge is -2.12. The zero-order valence-corrected chi connectivity index (χ0v) is 9.98. The van der Waals surface area contributed by atoms with Gasteiger partial charge in [-0.2, -0.15) is 0 Å². The summed E-state index contributed by atoms with van der Waals surface area (Å²) in [6.45, 7) is 3.53. The number of benzene rings is 1. The molecule has 0 bridgehead atoms. The van der Waals surface area contributed by atoms with Crippen molar-refractivity contribution in [1.29, 1.82) is 0 Å². The Balaban J connectivity index is 3.28. The number of nitrogens with zero attached hydrogens (tertiary/aromatic N) is 1. The van der Waals surface area contributed by atoms with Gasteiger partial charge in [-0.3, -0.25) is 10.1 Å². The number of phenolic OH excluding ortho intramolecular Hbond substituents is 1. The second-order valence-corrected chi connectivity index (χ2v) is 4.17. The molecule has 0 saturated heterocycles. The van der Waals surface area contributed by atoms with Gasteiger partial charge in [-0.1, -0.05) is 22.0 Å². The van der Waals surface area contributed by atoms with Crippen LogP contribution in [0.25, 0.3) is 0 Å². The predicted octanol–water partition coefficient (Wildman–Crippen LogP) is 2.64. The summed E-state index contributed by atoms with van der Waals surface area (Å²) < 4.78 is 0.506. The highest BCUT2D eigenvalue weighted by atomic mass is 79.9. The molecule has 86 valence electrons. The first-order chi connectivity index (χ1) is 7.47. The minimum atomic E-state index is -0.649. The van der Waals surface area contributed by atoms with Gasteiger partial charge in [0.25, 0.3) is 0 Å². The summed E-state index contributed by atoms with van der Waals surface area (Å²) in [5.74, 6) is -0.387. The van der Waals surface area contributed by atoms with E-state index in [-0.39, 0.29) is 11.4 Å². The summed E-state index contributed by atoms with van der Waals surface area (Å²) in [4.78, 5) is 10.0. The molecule has 0 spiro atoms. The van der Waals surface area contributed by atoms with Gasteiger partial charge in [0.2, 0.25) is 0 Å². The molecule has 0 unspecified atom stereocenters. The molecule has 0 aromatic heterocycles. The Hall–Kier alpha value is -1.40. The summed E-state index contributed by atoms with van der Waals surface area (Å²) in [5.41, 5.74) is 5.75. The van der Waals surface area contributed by atoms with E-state index in [9.17, 15) is 15.2 Å². The van der Waals surface area contributed by atoms with E-state index >= 15 is 0 Å². The van der Waals surface area contributed by atoms with Crippen LogP contribution in [-0.4, -0.2) is 10.0 Å². The van der Waals surface area contributed by atoms with Crippen LogP contribution in [0.15, 0.2) is 29.3 Å². The van der Waals surface area contributed by atoms with E-state index in [1.165, 1.54) is 6.07 Å². The summed E-state index contributed by atoms with van der Waals surface area (Å²) in [6.07, 6.45) is 2.03. The van der Waals surface area contributed by atoms with Crippen molar-refractivity contribution in [2.45, 2.75) is 12.5 Å². The smallest absolute Gasteiger partial charge is 0.312 e. The average Bonchev–Trinajstić information content (AvgIpc) is 2.20. The van der Waals surface area contributed by atoms with E-state index in [4.69, 9.17) is 5.73 Å². The lowest BCUT2D eigenvalue weighted by atomic mass is 10.0. The number of hydrogen-bond donors (Lipinski definition) is 2. The van der Waals surface area contributed by atoms with E-state index < -0.39 is 11.0 Å². The highest BCUT2D eigenvalue weighted by Gasteiger charge is 2.21. The number of nitrogens with two attached hydrogens (primary N) is 1. The van der Waals surface area contributed by atoms with Crippen LogP contribution in [0.4, 0.5) is 5.69 Å². The summed E-state index contributed by atoms with van der Waals surface area (Å²) in [5, 5.41) is 20.4. The molecule has 1 aromatic carbocycles. The van der Waals surface area contributed by atoms with E-state index in [0.717, 1.165) is 0 Å². The molecule has 1 atom stereocenters. The topological polar surface area (TPSA) is 89.4 Å². The molecule has 0 amide bonds. The van der Waals surface area contributed by atoms with Crippen LogP contribution in [0.1, 0.15) is 18.0 Å². The van der Waals surface area contributed by atoms with Crippen molar-refractivity contribution in [3.05, 3.63) is 44.9 Å². The maximum absolute atomic E-state index is 10.7. The second kappa shape index (κ2) is 5.09. The molecule has 3 N–H and O–H groups in total. The van der Waals surface area contributed by atoms with Crippen molar-refractivity contribution in [1.82, 2.24) is 0 Å². The second-order valence-electron chi connectivity index (χ2n) is 3.25. The maximum atomic E-state index is 10.7. The van der Waals surface area contributed by atoms with Crippen molar-refractivity contribution in [3.63, 3.8) is 0 Å². The van der Waals surface area contributed by atoms with Crippen LogP contribution in [0.3, 0.4) is 0 Å². The van der Waals surface area contributed by atoms with Gasteiger partial charge >= 0.3 is 5.69 Å². The average molecular weight is 287 g/mol. The van der Waals surface area contributed by atoms with Gasteiger partial charge in [0.1, 0.15) is 0 Å². The number of phenols is 1. The molecular formula is C10H11BrN2O3. The zero-order valence-electron chi connectivity index (χ0n) is 8.39. The van der Waals surface area contributed by atoms with Crippen molar-refractivity contribution in [2.75, 3.05) is 0 Å². The number of nitro benzene ring substituents is 1. The molecule has 0 fully saturated rings. The fraction of sp³-hybridized carbons (Fsp3) is 0.200. The third-order valence-corrected chi connectivity index (χ3v) is 2.56. The molecule has 1 rings (SSSR count). The van der Waals surface area contributed by atoms with Crippen molar-refractivity contribution in [2.24, 2.45) is 5.73 Å². The highest BCUT2D eigenvalue weighted by Crippen LogP contribution is 2.36. The number of rotatable bonds is 4. The molecular weight excluding hydrogens is 276 g/mol. The number of halogens is 1. The highest BCUT2D eigenvalue weighted by molar-refractivity contribution is 9.10. The fourth-order valence-corrected chi connectivity index (χ4v) is 1.80. The van der Waals surface area contributed by atoms with Crippen LogP contribution < -0.4 is 5.73 Å². The monoisotopic (exact) mass is 286 g/mol. The number of hydrogen-bond acceptors (Lipinski definition) is 4. The van der Waals surface area contributed by atoms with E-state index in [2.05, 4.69) is 22.5 Å². The first-order valence-corrected chi connectivity index (χ1v) is 5.30. The molecule has 6 heteroatoms. The Kier molecular flexibility index (Phi) is 4.03. The largest absolute Gasteiger partial charge is 0.502 e. The summed E-state index contributed by atoms with van der Waals surface area (Å²) in [6, 6.07) is 2.30. The van der Waals surface area contributed by atoms with Gasteiger partial charge in [0.05, 0.1) is 4.92 Å². The van der Waals surface area contributed by atoms with Crippen LogP contribution >= 0.6 is 15.9 Å². The molecule has 1 aromatic rings. The predicted molar refractivity (Wildman–Crippen MR) is 64.2 cm³/mol. The lowest BCUT2D eigenvalue weighted by molar-refractivity contribution is -0.386. The van der Waals surface area contributed by atoms with Crippen LogP contribution in [0, 0.1) is 10.1 Å². The number of aromatic hydroxyl groups is 1. The minimum absolute atomic E-state index is 0.334. The first-order valence-electron chi connectivity index (χ1n) is 4.50. The van der Waals surface area contributed by atoms with Gasteiger partial charge in [-0.15, -0.1) is 6.58 Å². The normalized spacial score (nSPS) is 12.1. The quantitative estimate of drug-likeness (QED) is 0.506. The third kappa shape index (κ3) is 2.59. The van der Waals surface area contributed by atoms with Crippen LogP contribution in [0.2, 0.25) is 0 Å². The van der Waals surface area contributed by atoms with Gasteiger partial charge in [-0.25, -0.2) is 0 Å². The first kappa shape index (κ1) is 12.7. The van der Waals surface area contributed by atoms with Gasteiger partial charge in [0, 0.05) is 22.1 Å². The summed E-state index contributed by atoms with van der Waals surface area (Å²) >= 11 is 3.14. The van der Waals surface area contributed by atoms with Gasteiger partial charge in [0.15, 0.2) is 5.75 Å². The molecule has 0 radical (unpaired) electrons. The van der Waals surface area contributed by atoms with E-state index in [1.807, 2.05) is 0 Å². The Morgan fingerprint density at radius 2 is 2.31 bits per heavy atom. The van der Waals surface area contributed by atoms with Crippen molar-refractivity contribution in [3.8, 4) is 5.75 Å². The van der Waals surface area contributed by atoms with E-state index in [1.54, 1.807) is 12.1 Å². The SMILES string of the molecule is C=CC[C@H](N)c1cc(Br)cc([N+](=O)[O-])c1O. The molecule has 5 nitrogen and oxygen atoms in total. The van der Waals surface area contributed by atoms with E-state index in [0.29, 0.717) is 16.5 Å². The van der Waals surface area contributed by atoms with Crippen LogP contribution in [0.5, 0.6) is 5.75 Å². The maximum Gasteiger partial charge on any atom is 0.312 e. The molecule has 0 aliphatic carbocycles. The Bertz CT molecular complexity index is 434.